The number of hydrogen-bond acceptors (Lipinski definition) is 4. The summed E-state index contributed by atoms with van der Waals surface area (Å²) in [4.78, 5) is 0. The van der Waals surface area contributed by atoms with Crippen LogP contribution in [0, 0.1) is 0 Å². The molecule has 1 unspecified atom stereocenters. The van der Waals surface area contributed by atoms with Gasteiger partial charge in [-0.2, -0.15) is 5.10 Å². The van der Waals surface area contributed by atoms with Crippen LogP contribution in [-0.4, -0.2) is 31.0 Å². The van der Waals surface area contributed by atoms with Gasteiger partial charge in [0.1, 0.15) is 11.5 Å². The quantitative estimate of drug-likeness (QED) is 0.920. The molecule has 2 rings (SSSR count). The maximum absolute atomic E-state index is 6.24. The highest BCUT2D eigenvalue weighted by molar-refractivity contribution is 6.31. The lowest BCUT2D eigenvalue weighted by molar-refractivity contribution is 0.394. The summed E-state index contributed by atoms with van der Waals surface area (Å²) in [7, 11) is 7.00. The number of benzene rings is 1. The van der Waals surface area contributed by atoms with Gasteiger partial charge >= 0.3 is 0 Å². The van der Waals surface area contributed by atoms with Crippen LogP contribution in [0.5, 0.6) is 11.5 Å². The van der Waals surface area contributed by atoms with Crippen LogP contribution in [0.3, 0.4) is 0 Å². The lowest BCUT2D eigenvalue weighted by atomic mass is 10.0. The van der Waals surface area contributed by atoms with E-state index in [9.17, 15) is 0 Å². The molecule has 108 valence electrons. The van der Waals surface area contributed by atoms with Crippen molar-refractivity contribution in [2.24, 2.45) is 7.05 Å². The van der Waals surface area contributed by atoms with E-state index >= 15 is 0 Å². The van der Waals surface area contributed by atoms with Gasteiger partial charge in [0.2, 0.25) is 0 Å². The summed E-state index contributed by atoms with van der Waals surface area (Å²) in [6.45, 7) is 0. The minimum atomic E-state index is -0.139. The fourth-order valence-electron chi connectivity index (χ4n) is 2.25. The standard InChI is InChI=1S/C14H18ClN3O2/c1-16-13(14-11(15)8-17-18(14)2)10-7-9(19-3)5-6-12(10)20-4/h5-8,13,16H,1-4H3. The van der Waals surface area contributed by atoms with Crippen molar-refractivity contribution in [3.05, 3.63) is 40.7 Å². The predicted octanol–water partition coefficient (Wildman–Crippen LogP) is 2.40. The number of hydrogen-bond donors (Lipinski definition) is 1. The van der Waals surface area contributed by atoms with Crippen LogP contribution < -0.4 is 14.8 Å². The molecular formula is C14H18ClN3O2. The Labute approximate surface area is 123 Å². The maximum Gasteiger partial charge on any atom is 0.124 e. The molecule has 0 aliphatic rings. The van der Waals surface area contributed by atoms with Gasteiger partial charge in [0.15, 0.2) is 0 Å². The third-order valence-corrected chi connectivity index (χ3v) is 3.54. The fraction of sp³-hybridized carbons (Fsp3) is 0.357. The molecule has 0 aliphatic heterocycles. The fourth-order valence-corrected chi connectivity index (χ4v) is 2.52. The minimum absolute atomic E-state index is 0.139. The number of methoxy groups -OCH3 is 2. The lowest BCUT2D eigenvalue weighted by Gasteiger charge is -2.21. The maximum atomic E-state index is 6.24. The molecule has 1 aromatic heterocycles. The van der Waals surface area contributed by atoms with E-state index in [1.54, 1.807) is 25.1 Å². The van der Waals surface area contributed by atoms with Crippen LogP contribution >= 0.6 is 11.6 Å². The monoisotopic (exact) mass is 295 g/mol. The number of nitrogens with one attached hydrogen (secondary N) is 1. The van der Waals surface area contributed by atoms with E-state index in [1.165, 1.54) is 0 Å². The van der Waals surface area contributed by atoms with E-state index < -0.39 is 0 Å². The zero-order chi connectivity index (χ0) is 14.7. The molecule has 1 aromatic carbocycles. The first-order valence-corrected chi connectivity index (χ1v) is 6.56. The Bertz CT molecular complexity index is 579. The lowest BCUT2D eigenvalue weighted by Crippen LogP contribution is -2.21. The highest BCUT2D eigenvalue weighted by Crippen LogP contribution is 2.35. The SMILES string of the molecule is CNC(c1cc(OC)ccc1OC)c1c(Cl)cnn1C. The number of nitrogens with zero attached hydrogens (tertiary/aromatic N) is 2. The molecule has 1 atom stereocenters. The molecule has 0 radical (unpaired) electrons. The summed E-state index contributed by atoms with van der Waals surface area (Å²) >= 11 is 6.24. The summed E-state index contributed by atoms with van der Waals surface area (Å²) in [6.07, 6.45) is 1.63. The predicted molar refractivity (Wildman–Crippen MR) is 78.7 cm³/mol. The summed E-state index contributed by atoms with van der Waals surface area (Å²) in [6, 6.07) is 5.53. The minimum Gasteiger partial charge on any atom is -0.497 e. The van der Waals surface area contributed by atoms with Gasteiger partial charge in [-0.25, -0.2) is 0 Å². The average Bonchev–Trinajstić information content (AvgIpc) is 2.80. The first kappa shape index (κ1) is 14.7. The van der Waals surface area contributed by atoms with Gasteiger partial charge in [-0.1, -0.05) is 11.6 Å². The van der Waals surface area contributed by atoms with E-state index in [-0.39, 0.29) is 6.04 Å². The van der Waals surface area contributed by atoms with E-state index in [4.69, 9.17) is 21.1 Å². The van der Waals surface area contributed by atoms with Crippen molar-refractivity contribution in [1.82, 2.24) is 15.1 Å². The molecule has 0 bridgehead atoms. The van der Waals surface area contributed by atoms with Gasteiger partial charge < -0.3 is 14.8 Å². The van der Waals surface area contributed by atoms with Crippen LogP contribution in [0.4, 0.5) is 0 Å². The molecule has 0 fully saturated rings. The Hall–Kier alpha value is -1.72. The molecule has 1 heterocycles. The number of rotatable bonds is 5. The Kier molecular flexibility index (Phi) is 4.52. The molecule has 2 aromatic rings. The third-order valence-electron chi connectivity index (χ3n) is 3.25. The van der Waals surface area contributed by atoms with Crippen molar-refractivity contribution in [3.8, 4) is 11.5 Å². The molecule has 0 amide bonds. The zero-order valence-electron chi connectivity index (χ0n) is 12.0. The number of halogens is 1. The highest BCUT2D eigenvalue weighted by Gasteiger charge is 2.23. The molecule has 5 nitrogen and oxygen atoms in total. The molecule has 0 saturated heterocycles. The Morgan fingerprint density at radius 3 is 2.55 bits per heavy atom. The van der Waals surface area contributed by atoms with Crippen molar-refractivity contribution in [2.45, 2.75) is 6.04 Å². The van der Waals surface area contributed by atoms with E-state index in [0.29, 0.717) is 5.02 Å². The van der Waals surface area contributed by atoms with Gasteiger partial charge in [0.05, 0.1) is 37.2 Å². The van der Waals surface area contributed by atoms with Gasteiger partial charge in [-0.15, -0.1) is 0 Å². The molecule has 6 heteroatoms. The van der Waals surface area contributed by atoms with Gasteiger partial charge in [-0.05, 0) is 25.2 Å². The Morgan fingerprint density at radius 2 is 2.05 bits per heavy atom. The number of ether oxygens (including phenoxy) is 2. The topological polar surface area (TPSA) is 48.3 Å². The molecule has 0 spiro atoms. The summed E-state index contributed by atoms with van der Waals surface area (Å²) in [5, 5.41) is 8.04. The van der Waals surface area contributed by atoms with Crippen LogP contribution in [0.2, 0.25) is 5.02 Å². The molecule has 20 heavy (non-hydrogen) atoms. The van der Waals surface area contributed by atoms with Gasteiger partial charge in [0, 0.05) is 12.6 Å². The largest absolute Gasteiger partial charge is 0.497 e. The molecule has 0 aliphatic carbocycles. The third kappa shape index (κ3) is 2.59. The smallest absolute Gasteiger partial charge is 0.124 e. The van der Waals surface area contributed by atoms with Crippen LogP contribution in [-0.2, 0) is 7.05 Å². The molecular weight excluding hydrogens is 278 g/mol. The second-order valence-corrected chi connectivity index (χ2v) is 4.74. The summed E-state index contributed by atoms with van der Waals surface area (Å²) in [5.74, 6) is 1.53. The van der Waals surface area contributed by atoms with Crippen molar-refractivity contribution in [1.29, 1.82) is 0 Å². The second kappa shape index (κ2) is 6.15. The first-order valence-electron chi connectivity index (χ1n) is 6.19. The van der Waals surface area contributed by atoms with Crippen LogP contribution in [0.25, 0.3) is 0 Å². The Balaban J connectivity index is 2.56. The van der Waals surface area contributed by atoms with E-state index in [0.717, 1.165) is 22.8 Å². The second-order valence-electron chi connectivity index (χ2n) is 4.33. The average molecular weight is 296 g/mol. The van der Waals surface area contributed by atoms with Gasteiger partial charge in [0.25, 0.3) is 0 Å². The summed E-state index contributed by atoms with van der Waals surface area (Å²) < 4.78 is 12.5. The van der Waals surface area contributed by atoms with Crippen LogP contribution in [0.1, 0.15) is 17.3 Å². The first-order chi connectivity index (χ1) is 9.62. The Morgan fingerprint density at radius 1 is 1.30 bits per heavy atom. The number of aromatic nitrogens is 2. The molecule has 0 saturated carbocycles. The highest BCUT2D eigenvalue weighted by atomic mass is 35.5. The van der Waals surface area contributed by atoms with Gasteiger partial charge in [-0.3, -0.25) is 4.68 Å². The number of aryl methyl sites for hydroxylation is 1. The molecule has 1 N–H and O–H groups in total. The van der Waals surface area contributed by atoms with Crippen molar-refractivity contribution in [2.75, 3.05) is 21.3 Å². The van der Waals surface area contributed by atoms with E-state index in [2.05, 4.69) is 10.4 Å². The normalized spacial score (nSPS) is 12.2. The van der Waals surface area contributed by atoms with Crippen molar-refractivity contribution < 1.29 is 9.47 Å². The van der Waals surface area contributed by atoms with E-state index in [1.807, 2.05) is 32.3 Å². The summed E-state index contributed by atoms with van der Waals surface area (Å²) in [5.41, 5.74) is 1.82. The van der Waals surface area contributed by atoms with Crippen LogP contribution in [0.15, 0.2) is 24.4 Å². The van der Waals surface area contributed by atoms with Crippen molar-refractivity contribution in [3.63, 3.8) is 0 Å². The van der Waals surface area contributed by atoms with Crippen molar-refractivity contribution >= 4 is 11.6 Å². The zero-order valence-corrected chi connectivity index (χ0v) is 12.7.